The molecule has 2 aliphatic rings. The average molecular weight is 425 g/mol. The van der Waals surface area contributed by atoms with Gasteiger partial charge in [0, 0.05) is 37.2 Å². The van der Waals surface area contributed by atoms with Gasteiger partial charge >= 0.3 is 0 Å². The van der Waals surface area contributed by atoms with E-state index in [9.17, 15) is 4.79 Å². The van der Waals surface area contributed by atoms with Gasteiger partial charge < -0.3 is 9.80 Å². The molecule has 0 aliphatic carbocycles. The van der Waals surface area contributed by atoms with Gasteiger partial charge in [-0.3, -0.25) is 4.79 Å². The second-order valence-electron chi connectivity index (χ2n) is 8.56. The molecule has 0 N–H and O–H groups in total. The van der Waals surface area contributed by atoms with E-state index >= 15 is 0 Å². The Morgan fingerprint density at radius 2 is 1.69 bits per heavy atom. The maximum atomic E-state index is 13.6. The van der Waals surface area contributed by atoms with Gasteiger partial charge in [-0.2, -0.15) is 4.52 Å². The molecule has 0 saturated carbocycles. The SMILES string of the molecule is O=C(C1CCN(c2ccc3nncn3n2)CC1)N1CC(c2ccccc2)c2ccccc21. The van der Waals surface area contributed by atoms with Crippen LogP contribution in [-0.2, 0) is 4.79 Å². The molecule has 1 unspecified atom stereocenters. The number of nitrogens with zero attached hydrogens (tertiary/aromatic N) is 6. The molecule has 2 aliphatic heterocycles. The number of hydrogen-bond donors (Lipinski definition) is 0. The van der Waals surface area contributed by atoms with Crippen LogP contribution in [0.1, 0.15) is 29.9 Å². The van der Waals surface area contributed by atoms with Crippen LogP contribution in [-0.4, -0.2) is 45.4 Å². The zero-order valence-electron chi connectivity index (χ0n) is 17.7. The molecule has 1 atom stereocenters. The molecule has 7 heteroatoms. The van der Waals surface area contributed by atoms with Crippen molar-refractivity contribution in [2.45, 2.75) is 18.8 Å². The van der Waals surface area contributed by atoms with Gasteiger partial charge in [0.05, 0.1) is 0 Å². The normalized spacial score (nSPS) is 18.8. The number of fused-ring (bicyclic) bond motifs is 2. The molecule has 1 amide bonds. The van der Waals surface area contributed by atoms with Crippen molar-refractivity contribution < 1.29 is 4.79 Å². The van der Waals surface area contributed by atoms with Gasteiger partial charge in [0.25, 0.3) is 0 Å². The van der Waals surface area contributed by atoms with Gasteiger partial charge in [0.1, 0.15) is 12.1 Å². The van der Waals surface area contributed by atoms with Crippen LogP contribution in [0.5, 0.6) is 0 Å². The minimum atomic E-state index is 0.0347. The maximum absolute atomic E-state index is 13.6. The van der Waals surface area contributed by atoms with Gasteiger partial charge in [0.15, 0.2) is 5.65 Å². The predicted octanol–water partition coefficient (Wildman–Crippen LogP) is 3.52. The van der Waals surface area contributed by atoms with E-state index in [2.05, 4.69) is 62.7 Å². The van der Waals surface area contributed by atoms with Gasteiger partial charge in [-0.15, -0.1) is 15.3 Å². The lowest BCUT2D eigenvalue weighted by molar-refractivity contribution is -0.122. The summed E-state index contributed by atoms with van der Waals surface area (Å²) in [4.78, 5) is 17.9. The van der Waals surface area contributed by atoms with Crippen molar-refractivity contribution in [1.82, 2.24) is 19.8 Å². The van der Waals surface area contributed by atoms with Crippen molar-refractivity contribution in [3.05, 3.63) is 84.2 Å². The summed E-state index contributed by atoms with van der Waals surface area (Å²) < 4.78 is 1.69. The lowest BCUT2D eigenvalue weighted by Crippen LogP contribution is -2.42. The molecule has 4 aromatic rings. The first-order valence-electron chi connectivity index (χ1n) is 11.2. The summed E-state index contributed by atoms with van der Waals surface area (Å²) >= 11 is 0. The van der Waals surface area contributed by atoms with E-state index in [4.69, 9.17) is 0 Å². The van der Waals surface area contributed by atoms with E-state index in [1.165, 1.54) is 11.1 Å². The van der Waals surface area contributed by atoms with E-state index < -0.39 is 0 Å². The summed E-state index contributed by atoms with van der Waals surface area (Å²) in [6.45, 7) is 2.34. The highest BCUT2D eigenvalue weighted by atomic mass is 16.2. The minimum Gasteiger partial charge on any atom is -0.355 e. The molecule has 4 heterocycles. The fourth-order valence-corrected chi connectivity index (χ4v) is 5.05. The summed E-state index contributed by atoms with van der Waals surface area (Å²) in [7, 11) is 0. The fourth-order valence-electron chi connectivity index (χ4n) is 5.05. The topological polar surface area (TPSA) is 66.6 Å². The van der Waals surface area contributed by atoms with E-state index in [-0.39, 0.29) is 17.7 Å². The van der Waals surface area contributed by atoms with Crippen LogP contribution in [0, 0.1) is 5.92 Å². The van der Waals surface area contributed by atoms with E-state index in [1.807, 2.05) is 29.2 Å². The number of benzene rings is 2. The maximum Gasteiger partial charge on any atom is 0.230 e. The van der Waals surface area contributed by atoms with Crippen LogP contribution < -0.4 is 9.80 Å². The third-order valence-electron chi connectivity index (χ3n) is 6.75. The molecule has 32 heavy (non-hydrogen) atoms. The Morgan fingerprint density at radius 1 is 0.906 bits per heavy atom. The van der Waals surface area contributed by atoms with Crippen molar-refractivity contribution in [2.75, 3.05) is 29.4 Å². The first-order valence-corrected chi connectivity index (χ1v) is 11.2. The molecule has 1 saturated heterocycles. The van der Waals surface area contributed by atoms with E-state index in [1.54, 1.807) is 10.8 Å². The lowest BCUT2D eigenvalue weighted by atomic mass is 9.93. The Hall–Kier alpha value is -3.74. The summed E-state index contributed by atoms with van der Waals surface area (Å²) in [5.41, 5.74) is 4.31. The average Bonchev–Trinajstić information content (AvgIpc) is 3.49. The zero-order chi connectivity index (χ0) is 21.5. The molecule has 6 rings (SSSR count). The molecule has 2 aromatic heterocycles. The van der Waals surface area contributed by atoms with E-state index in [0.29, 0.717) is 6.54 Å². The Balaban J connectivity index is 1.18. The molecular formula is C25H24N6O. The lowest BCUT2D eigenvalue weighted by Gasteiger charge is -2.34. The Bertz CT molecular complexity index is 1260. The van der Waals surface area contributed by atoms with Gasteiger partial charge in [-0.25, -0.2) is 0 Å². The van der Waals surface area contributed by atoms with Crippen LogP contribution in [0.4, 0.5) is 11.5 Å². The monoisotopic (exact) mass is 424 g/mol. The standard InChI is InChI=1S/C25H24N6O/c32-25(19-12-14-29(15-13-19)24-11-10-23-27-26-17-31(23)28-24)30-16-21(18-6-2-1-3-7-18)20-8-4-5-9-22(20)30/h1-11,17,19,21H,12-16H2. The zero-order valence-corrected chi connectivity index (χ0v) is 17.7. The van der Waals surface area contributed by atoms with Crippen molar-refractivity contribution >= 4 is 23.1 Å². The largest absolute Gasteiger partial charge is 0.355 e. The molecule has 0 bridgehead atoms. The Labute approximate surface area is 186 Å². The number of anilines is 2. The van der Waals surface area contributed by atoms with Gasteiger partial charge in [0.2, 0.25) is 5.91 Å². The van der Waals surface area contributed by atoms with Crippen molar-refractivity contribution in [3.8, 4) is 0 Å². The third kappa shape index (κ3) is 3.21. The number of carbonyl (C=O) groups is 1. The second kappa shape index (κ2) is 7.75. The highest BCUT2D eigenvalue weighted by Gasteiger charge is 2.37. The van der Waals surface area contributed by atoms with Crippen LogP contribution in [0.25, 0.3) is 5.65 Å². The van der Waals surface area contributed by atoms with Crippen LogP contribution in [0.15, 0.2) is 73.1 Å². The number of aromatic nitrogens is 4. The number of para-hydroxylation sites is 1. The van der Waals surface area contributed by atoms with Crippen molar-refractivity contribution in [1.29, 1.82) is 0 Å². The molecule has 0 spiro atoms. The second-order valence-corrected chi connectivity index (χ2v) is 8.56. The number of carbonyl (C=O) groups excluding carboxylic acids is 1. The third-order valence-corrected chi connectivity index (χ3v) is 6.75. The predicted molar refractivity (Wildman–Crippen MR) is 123 cm³/mol. The fraction of sp³-hybridized carbons (Fsp3) is 0.280. The van der Waals surface area contributed by atoms with Crippen LogP contribution >= 0.6 is 0 Å². The minimum absolute atomic E-state index is 0.0347. The first-order chi connectivity index (χ1) is 15.8. The van der Waals surface area contributed by atoms with Crippen LogP contribution in [0.3, 0.4) is 0 Å². The summed E-state index contributed by atoms with van der Waals surface area (Å²) in [5, 5.41) is 12.5. The molecule has 160 valence electrons. The van der Waals surface area contributed by atoms with Gasteiger partial charge in [-0.05, 0) is 42.2 Å². The molecule has 1 fully saturated rings. The number of amides is 1. The smallest absolute Gasteiger partial charge is 0.230 e. The molecular weight excluding hydrogens is 400 g/mol. The Kier molecular flexibility index (Phi) is 4.60. The molecule has 7 nitrogen and oxygen atoms in total. The highest BCUT2D eigenvalue weighted by molar-refractivity contribution is 5.97. The highest BCUT2D eigenvalue weighted by Crippen LogP contribution is 2.41. The Morgan fingerprint density at radius 3 is 2.53 bits per heavy atom. The summed E-state index contributed by atoms with van der Waals surface area (Å²) in [5.74, 6) is 1.42. The van der Waals surface area contributed by atoms with Crippen molar-refractivity contribution in [3.63, 3.8) is 0 Å². The van der Waals surface area contributed by atoms with Crippen LogP contribution in [0.2, 0.25) is 0 Å². The quantitative estimate of drug-likeness (QED) is 0.503. The molecule has 2 aromatic carbocycles. The summed E-state index contributed by atoms with van der Waals surface area (Å²) in [6.07, 6.45) is 3.27. The molecule has 0 radical (unpaired) electrons. The summed E-state index contributed by atoms with van der Waals surface area (Å²) in [6, 6.07) is 22.8. The van der Waals surface area contributed by atoms with Crippen molar-refractivity contribution in [2.24, 2.45) is 5.92 Å². The van der Waals surface area contributed by atoms with Gasteiger partial charge in [-0.1, -0.05) is 48.5 Å². The number of rotatable bonds is 3. The first kappa shape index (κ1) is 19.0. The van der Waals surface area contributed by atoms with E-state index in [0.717, 1.165) is 43.1 Å². The number of hydrogen-bond acceptors (Lipinski definition) is 5. The number of piperidine rings is 1.